The van der Waals surface area contributed by atoms with Crippen molar-refractivity contribution in [2.75, 3.05) is 19.8 Å². The Bertz CT molecular complexity index is 666. The first kappa shape index (κ1) is 17.2. The van der Waals surface area contributed by atoms with Gasteiger partial charge in [0.2, 0.25) is 0 Å². The molecule has 0 fully saturated rings. The lowest BCUT2D eigenvalue weighted by atomic mass is 10.2. The van der Waals surface area contributed by atoms with E-state index in [9.17, 15) is 4.79 Å². The maximum absolute atomic E-state index is 11.5. The molecule has 0 bridgehead atoms. The second-order valence-corrected chi connectivity index (χ2v) is 5.18. The van der Waals surface area contributed by atoms with E-state index in [0.29, 0.717) is 32.0 Å². The average molecular weight is 317 g/mol. The van der Waals surface area contributed by atoms with Gasteiger partial charge in [-0.3, -0.25) is 0 Å². The lowest BCUT2D eigenvalue weighted by Gasteiger charge is -2.08. The fourth-order valence-electron chi connectivity index (χ4n) is 2.32. The standard InChI is InChI=1S/C18H23NO4/c1-3-14-8-5-6-9-15(14)10-7-11-21-13-16-12-17(19-23-16)18(20)22-4-2/h3,5-6,8-10,16H,4,7,11-13H2,1-2H3/b14-3-,15-10-. The van der Waals surface area contributed by atoms with Crippen LogP contribution in [0, 0.1) is 0 Å². The molecular weight excluding hydrogens is 294 g/mol. The number of carbonyl (C=O) groups is 1. The van der Waals surface area contributed by atoms with E-state index in [-0.39, 0.29) is 6.10 Å². The molecule has 1 heterocycles. The number of nitrogens with zero attached hydrogens (tertiary/aromatic N) is 1. The number of hydrogen-bond acceptors (Lipinski definition) is 5. The Balaban J connectivity index is 1.70. The van der Waals surface area contributed by atoms with Gasteiger partial charge in [-0.15, -0.1) is 0 Å². The molecule has 0 saturated carbocycles. The molecule has 0 spiro atoms. The monoisotopic (exact) mass is 317 g/mol. The average Bonchev–Trinajstić information content (AvgIpc) is 3.04. The van der Waals surface area contributed by atoms with Gasteiger partial charge in [0.15, 0.2) is 11.8 Å². The van der Waals surface area contributed by atoms with Crippen LogP contribution in [0.3, 0.4) is 0 Å². The molecule has 0 aromatic heterocycles. The van der Waals surface area contributed by atoms with Crippen LogP contribution in [-0.2, 0) is 19.1 Å². The molecule has 0 N–H and O–H groups in total. The van der Waals surface area contributed by atoms with Gasteiger partial charge in [-0.1, -0.05) is 41.6 Å². The second-order valence-electron chi connectivity index (χ2n) is 5.18. The van der Waals surface area contributed by atoms with E-state index in [4.69, 9.17) is 14.3 Å². The summed E-state index contributed by atoms with van der Waals surface area (Å²) in [4.78, 5) is 16.7. The van der Waals surface area contributed by atoms with Crippen LogP contribution in [0.2, 0.25) is 0 Å². The molecule has 1 aromatic carbocycles. The molecule has 5 nitrogen and oxygen atoms in total. The Morgan fingerprint density at radius 3 is 2.91 bits per heavy atom. The quantitative estimate of drug-likeness (QED) is 0.563. The molecule has 0 amide bonds. The minimum atomic E-state index is -0.407. The number of hydrogen-bond donors (Lipinski definition) is 0. The third-order valence-corrected chi connectivity index (χ3v) is 3.48. The molecule has 5 heteroatoms. The summed E-state index contributed by atoms with van der Waals surface area (Å²) >= 11 is 0. The summed E-state index contributed by atoms with van der Waals surface area (Å²) in [7, 11) is 0. The topological polar surface area (TPSA) is 57.1 Å². The highest BCUT2D eigenvalue weighted by Crippen LogP contribution is 2.12. The summed E-state index contributed by atoms with van der Waals surface area (Å²) in [6.07, 6.45) is 5.31. The molecule has 1 aliphatic heterocycles. The third kappa shape index (κ3) is 5.21. The summed E-state index contributed by atoms with van der Waals surface area (Å²) in [6, 6.07) is 8.24. The van der Waals surface area contributed by atoms with Crippen LogP contribution in [0.5, 0.6) is 0 Å². The minimum absolute atomic E-state index is 0.203. The maximum Gasteiger partial charge on any atom is 0.356 e. The smallest absolute Gasteiger partial charge is 0.356 e. The van der Waals surface area contributed by atoms with Gasteiger partial charge in [-0.25, -0.2) is 4.79 Å². The zero-order valence-corrected chi connectivity index (χ0v) is 13.7. The fraction of sp³-hybridized carbons (Fsp3) is 0.444. The number of oxime groups is 1. The Morgan fingerprint density at radius 2 is 2.17 bits per heavy atom. The number of carbonyl (C=O) groups excluding carboxylic acids is 1. The number of ether oxygens (including phenoxy) is 2. The Hall–Kier alpha value is -2.14. The predicted molar refractivity (Wildman–Crippen MR) is 89.3 cm³/mol. The molecule has 1 atom stereocenters. The molecule has 124 valence electrons. The summed E-state index contributed by atoms with van der Waals surface area (Å²) in [5.41, 5.74) is 0.333. The van der Waals surface area contributed by atoms with Crippen molar-refractivity contribution in [3.05, 3.63) is 34.7 Å². The Morgan fingerprint density at radius 1 is 1.39 bits per heavy atom. The van der Waals surface area contributed by atoms with Crippen LogP contribution in [0.15, 0.2) is 29.4 Å². The first-order chi connectivity index (χ1) is 11.2. The lowest BCUT2D eigenvalue weighted by molar-refractivity contribution is -0.135. The number of benzene rings is 1. The molecule has 1 unspecified atom stereocenters. The van der Waals surface area contributed by atoms with Gasteiger partial charge in [0.25, 0.3) is 0 Å². The SMILES string of the molecule is C/C=c1/cccc/c1=C/CCOCC1CC(C(=O)OCC)=NO1. The van der Waals surface area contributed by atoms with Crippen molar-refractivity contribution in [3.8, 4) is 0 Å². The van der Waals surface area contributed by atoms with E-state index >= 15 is 0 Å². The normalized spacial score (nSPS) is 18.7. The zero-order chi connectivity index (χ0) is 16.5. The van der Waals surface area contributed by atoms with Crippen molar-refractivity contribution in [1.29, 1.82) is 0 Å². The second kappa shape index (κ2) is 9.10. The van der Waals surface area contributed by atoms with Crippen LogP contribution in [0.25, 0.3) is 12.2 Å². The van der Waals surface area contributed by atoms with Crippen molar-refractivity contribution < 1.29 is 19.1 Å². The molecule has 0 radical (unpaired) electrons. The lowest BCUT2D eigenvalue weighted by Crippen LogP contribution is -2.23. The fourth-order valence-corrected chi connectivity index (χ4v) is 2.32. The van der Waals surface area contributed by atoms with Gasteiger partial charge in [-0.2, -0.15) is 0 Å². The van der Waals surface area contributed by atoms with Crippen LogP contribution in [0.1, 0.15) is 26.7 Å². The Kier molecular flexibility index (Phi) is 6.81. The van der Waals surface area contributed by atoms with Crippen molar-refractivity contribution in [1.82, 2.24) is 0 Å². The van der Waals surface area contributed by atoms with Crippen molar-refractivity contribution in [2.45, 2.75) is 32.8 Å². The third-order valence-electron chi connectivity index (χ3n) is 3.48. The molecule has 1 aliphatic rings. The van der Waals surface area contributed by atoms with Gasteiger partial charge in [-0.05, 0) is 30.7 Å². The summed E-state index contributed by atoms with van der Waals surface area (Å²) in [6.45, 7) is 5.15. The van der Waals surface area contributed by atoms with Gasteiger partial charge in [0, 0.05) is 6.42 Å². The van der Waals surface area contributed by atoms with Crippen LogP contribution >= 0.6 is 0 Å². The number of rotatable bonds is 7. The minimum Gasteiger partial charge on any atom is -0.461 e. The van der Waals surface area contributed by atoms with Crippen molar-refractivity contribution >= 4 is 23.8 Å². The van der Waals surface area contributed by atoms with Gasteiger partial charge in [0.05, 0.1) is 19.8 Å². The first-order valence-electron chi connectivity index (χ1n) is 7.93. The number of esters is 1. The Labute approximate surface area is 136 Å². The molecule has 0 saturated heterocycles. The van der Waals surface area contributed by atoms with Crippen LogP contribution < -0.4 is 10.4 Å². The van der Waals surface area contributed by atoms with Crippen molar-refractivity contribution in [3.63, 3.8) is 0 Å². The van der Waals surface area contributed by atoms with E-state index in [1.165, 1.54) is 10.4 Å². The van der Waals surface area contributed by atoms with E-state index < -0.39 is 5.97 Å². The highest BCUT2D eigenvalue weighted by atomic mass is 16.7. The van der Waals surface area contributed by atoms with Crippen LogP contribution in [-0.4, -0.2) is 37.6 Å². The summed E-state index contributed by atoms with van der Waals surface area (Å²) < 4.78 is 10.5. The summed E-state index contributed by atoms with van der Waals surface area (Å²) in [5, 5.41) is 6.19. The highest BCUT2D eigenvalue weighted by Gasteiger charge is 2.26. The molecule has 1 aromatic rings. The largest absolute Gasteiger partial charge is 0.461 e. The molecule has 2 rings (SSSR count). The van der Waals surface area contributed by atoms with E-state index in [1.54, 1.807) is 6.92 Å². The van der Waals surface area contributed by atoms with E-state index in [0.717, 1.165) is 6.42 Å². The summed E-state index contributed by atoms with van der Waals surface area (Å²) in [5.74, 6) is -0.407. The van der Waals surface area contributed by atoms with E-state index in [1.807, 2.05) is 19.1 Å². The zero-order valence-electron chi connectivity index (χ0n) is 13.7. The van der Waals surface area contributed by atoms with E-state index in [2.05, 4.69) is 29.4 Å². The molecule has 0 aliphatic carbocycles. The van der Waals surface area contributed by atoms with Gasteiger partial charge >= 0.3 is 5.97 Å². The highest BCUT2D eigenvalue weighted by molar-refractivity contribution is 6.36. The van der Waals surface area contributed by atoms with Crippen molar-refractivity contribution in [2.24, 2.45) is 5.16 Å². The predicted octanol–water partition coefficient (Wildman–Crippen LogP) is 1.38. The first-order valence-corrected chi connectivity index (χ1v) is 7.93. The maximum atomic E-state index is 11.5. The molecule has 23 heavy (non-hydrogen) atoms. The van der Waals surface area contributed by atoms with Gasteiger partial charge < -0.3 is 14.3 Å². The van der Waals surface area contributed by atoms with Crippen LogP contribution in [0.4, 0.5) is 0 Å². The molecular formula is C18H23NO4. The van der Waals surface area contributed by atoms with Gasteiger partial charge in [0.1, 0.15) is 0 Å².